The van der Waals surface area contributed by atoms with Gasteiger partial charge in [0.15, 0.2) is 0 Å². The van der Waals surface area contributed by atoms with Crippen molar-refractivity contribution < 1.29 is 9.59 Å². The van der Waals surface area contributed by atoms with Gasteiger partial charge in [-0.05, 0) is 36.8 Å². The molecule has 0 fully saturated rings. The fourth-order valence-corrected chi connectivity index (χ4v) is 1.91. The first-order valence-corrected chi connectivity index (χ1v) is 6.58. The van der Waals surface area contributed by atoms with Crippen molar-refractivity contribution in [3.05, 3.63) is 65.7 Å². The number of hydrogen-bond donors (Lipinski definition) is 3. The number of carbonyl (C=O) groups is 2. The van der Waals surface area contributed by atoms with Crippen LogP contribution in [-0.2, 0) is 0 Å². The number of urea groups is 1. The Balaban J connectivity index is 1.94. The maximum Gasteiger partial charge on any atom is 0.319 e. The molecule has 5 heteroatoms. The summed E-state index contributed by atoms with van der Waals surface area (Å²) in [6.07, 6.45) is 0. The van der Waals surface area contributed by atoms with Crippen molar-refractivity contribution in [3.63, 3.8) is 0 Å². The van der Waals surface area contributed by atoms with Crippen LogP contribution in [0, 0.1) is 0 Å². The molecule has 3 amide bonds. The molecule has 21 heavy (non-hydrogen) atoms. The summed E-state index contributed by atoms with van der Waals surface area (Å²) in [5, 5.41) is 5.55. The number of benzene rings is 2. The Morgan fingerprint density at radius 2 is 1.62 bits per heavy atom. The van der Waals surface area contributed by atoms with E-state index in [2.05, 4.69) is 10.6 Å². The lowest BCUT2D eigenvalue weighted by atomic mass is 10.1. The van der Waals surface area contributed by atoms with Gasteiger partial charge in [0.1, 0.15) is 0 Å². The molecule has 0 saturated heterocycles. The minimum Gasteiger partial charge on any atom is -0.366 e. The summed E-state index contributed by atoms with van der Waals surface area (Å²) in [6.45, 7) is 1.91. The predicted molar refractivity (Wildman–Crippen MR) is 82.0 cm³/mol. The Morgan fingerprint density at radius 1 is 1.00 bits per heavy atom. The van der Waals surface area contributed by atoms with E-state index in [4.69, 9.17) is 5.73 Å². The molecule has 0 spiro atoms. The van der Waals surface area contributed by atoms with Gasteiger partial charge < -0.3 is 16.4 Å². The van der Waals surface area contributed by atoms with Gasteiger partial charge in [-0.3, -0.25) is 4.79 Å². The zero-order valence-corrected chi connectivity index (χ0v) is 11.7. The highest BCUT2D eigenvalue weighted by Gasteiger charge is 2.09. The van der Waals surface area contributed by atoms with Gasteiger partial charge in [0, 0.05) is 11.3 Å². The second-order valence-corrected chi connectivity index (χ2v) is 4.67. The summed E-state index contributed by atoms with van der Waals surface area (Å²) in [4.78, 5) is 22.9. The normalized spacial score (nSPS) is 11.5. The maximum absolute atomic E-state index is 11.9. The molecule has 1 atom stereocenters. The highest BCUT2D eigenvalue weighted by atomic mass is 16.2. The molecule has 0 saturated carbocycles. The van der Waals surface area contributed by atoms with Gasteiger partial charge in [-0.15, -0.1) is 0 Å². The first-order valence-electron chi connectivity index (χ1n) is 6.58. The van der Waals surface area contributed by atoms with Crippen molar-refractivity contribution in [3.8, 4) is 0 Å². The lowest BCUT2D eigenvalue weighted by Gasteiger charge is -2.15. The van der Waals surface area contributed by atoms with E-state index >= 15 is 0 Å². The SMILES string of the molecule is CC(NC(=O)Nc1ccc(C(N)=O)cc1)c1ccccc1. The number of nitrogens with one attached hydrogen (secondary N) is 2. The van der Waals surface area contributed by atoms with E-state index in [1.165, 1.54) is 0 Å². The number of anilines is 1. The van der Waals surface area contributed by atoms with Crippen LogP contribution < -0.4 is 16.4 Å². The maximum atomic E-state index is 11.9. The lowest BCUT2D eigenvalue weighted by Crippen LogP contribution is -2.31. The second-order valence-electron chi connectivity index (χ2n) is 4.67. The summed E-state index contributed by atoms with van der Waals surface area (Å²) in [5.74, 6) is -0.497. The smallest absolute Gasteiger partial charge is 0.319 e. The van der Waals surface area contributed by atoms with Crippen LogP contribution in [0.15, 0.2) is 54.6 Å². The molecule has 2 aromatic carbocycles. The van der Waals surface area contributed by atoms with E-state index < -0.39 is 5.91 Å². The molecule has 1 unspecified atom stereocenters. The highest BCUT2D eigenvalue weighted by molar-refractivity contribution is 5.94. The van der Waals surface area contributed by atoms with Crippen molar-refractivity contribution in [1.29, 1.82) is 0 Å². The lowest BCUT2D eigenvalue weighted by molar-refractivity contribution is 0.100. The zero-order valence-electron chi connectivity index (χ0n) is 11.7. The first-order chi connectivity index (χ1) is 10.1. The molecule has 5 nitrogen and oxygen atoms in total. The van der Waals surface area contributed by atoms with Crippen LogP contribution in [0.3, 0.4) is 0 Å². The van der Waals surface area contributed by atoms with Gasteiger partial charge in [0.2, 0.25) is 5.91 Å². The number of primary amides is 1. The van der Waals surface area contributed by atoms with Crippen LogP contribution in [-0.4, -0.2) is 11.9 Å². The van der Waals surface area contributed by atoms with Crippen LogP contribution in [0.5, 0.6) is 0 Å². The van der Waals surface area contributed by atoms with E-state index in [0.717, 1.165) is 5.56 Å². The van der Waals surface area contributed by atoms with Gasteiger partial charge in [-0.25, -0.2) is 4.79 Å². The summed E-state index contributed by atoms with van der Waals surface area (Å²) >= 11 is 0. The zero-order chi connectivity index (χ0) is 15.2. The number of rotatable bonds is 4. The predicted octanol–water partition coefficient (Wildman–Crippen LogP) is 2.67. The van der Waals surface area contributed by atoms with Crippen molar-refractivity contribution >= 4 is 17.6 Å². The summed E-state index contributed by atoms with van der Waals surface area (Å²) in [6, 6.07) is 15.7. The van der Waals surface area contributed by atoms with Gasteiger partial charge >= 0.3 is 6.03 Å². The van der Waals surface area contributed by atoms with Crippen molar-refractivity contribution in [2.75, 3.05) is 5.32 Å². The fraction of sp³-hybridized carbons (Fsp3) is 0.125. The molecule has 0 aliphatic heterocycles. The first kappa shape index (κ1) is 14.6. The van der Waals surface area contributed by atoms with Crippen LogP contribution in [0.4, 0.5) is 10.5 Å². The molecule has 2 rings (SSSR count). The molecule has 0 radical (unpaired) electrons. The summed E-state index contributed by atoms with van der Waals surface area (Å²) in [5.41, 5.74) is 7.18. The Kier molecular flexibility index (Phi) is 4.56. The molecule has 0 aromatic heterocycles. The molecule has 108 valence electrons. The Morgan fingerprint density at radius 3 is 2.19 bits per heavy atom. The molecule has 0 heterocycles. The standard InChI is InChI=1S/C16H17N3O2/c1-11(12-5-3-2-4-6-12)18-16(21)19-14-9-7-13(8-10-14)15(17)20/h2-11H,1H3,(H2,17,20)(H2,18,19,21). The van der Waals surface area contributed by atoms with Gasteiger partial charge in [0.25, 0.3) is 0 Å². The highest BCUT2D eigenvalue weighted by Crippen LogP contribution is 2.12. The van der Waals surface area contributed by atoms with E-state index in [1.54, 1.807) is 24.3 Å². The largest absolute Gasteiger partial charge is 0.366 e. The molecule has 2 aromatic rings. The molecule has 0 aliphatic rings. The van der Waals surface area contributed by atoms with E-state index in [0.29, 0.717) is 11.3 Å². The average Bonchev–Trinajstić information content (AvgIpc) is 2.48. The van der Waals surface area contributed by atoms with Crippen molar-refractivity contribution in [2.45, 2.75) is 13.0 Å². The molecular weight excluding hydrogens is 266 g/mol. The molecule has 0 aliphatic carbocycles. The Labute approximate surface area is 123 Å². The molecule has 0 bridgehead atoms. The van der Waals surface area contributed by atoms with Gasteiger partial charge in [0.05, 0.1) is 6.04 Å². The third kappa shape index (κ3) is 4.07. The Bertz CT molecular complexity index is 624. The van der Waals surface area contributed by atoms with Crippen molar-refractivity contribution in [2.24, 2.45) is 5.73 Å². The summed E-state index contributed by atoms with van der Waals surface area (Å²) < 4.78 is 0. The average molecular weight is 283 g/mol. The monoisotopic (exact) mass is 283 g/mol. The second kappa shape index (κ2) is 6.56. The Hall–Kier alpha value is -2.82. The topological polar surface area (TPSA) is 84.2 Å². The van der Waals surface area contributed by atoms with Crippen LogP contribution in [0.25, 0.3) is 0 Å². The van der Waals surface area contributed by atoms with E-state index in [1.807, 2.05) is 37.3 Å². The summed E-state index contributed by atoms with van der Waals surface area (Å²) in [7, 11) is 0. The van der Waals surface area contributed by atoms with Crippen LogP contribution in [0.1, 0.15) is 28.9 Å². The number of hydrogen-bond acceptors (Lipinski definition) is 2. The van der Waals surface area contributed by atoms with E-state index in [9.17, 15) is 9.59 Å². The van der Waals surface area contributed by atoms with E-state index in [-0.39, 0.29) is 12.1 Å². The van der Waals surface area contributed by atoms with Crippen LogP contribution in [0.2, 0.25) is 0 Å². The fourth-order valence-electron chi connectivity index (χ4n) is 1.91. The van der Waals surface area contributed by atoms with Gasteiger partial charge in [-0.2, -0.15) is 0 Å². The van der Waals surface area contributed by atoms with Crippen molar-refractivity contribution in [1.82, 2.24) is 5.32 Å². The minimum atomic E-state index is -0.497. The number of carbonyl (C=O) groups excluding carboxylic acids is 2. The number of amides is 3. The minimum absolute atomic E-state index is 0.101. The quantitative estimate of drug-likeness (QED) is 0.806. The third-order valence-corrected chi connectivity index (χ3v) is 3.07. The third-order valence-electron chi connectivity index (χ3n) is 3.07. The van der Waals surface area contributed by atoms with Gasteiger partial charge in [-0.1, -0.05) is 30.3 Å². The number of nitrogens with two attached hydrogens (primary N) is 1. The van der Waals surface area contributed by atoms with Crippen LogP contribution >= 0.6 is 0 Å². The molecular formula is C16H17N3O2. The molecule has 4 N–H and O–H groups in total.